The number of carbonyl (C=O) groups is 2. The molecule has 0 unspecified atom stereocenters. The number of urea groups is 1. The standard InChI is InChI=1S/C20H21N3O4/c1-27-18-6-3-2-5-16(18)15-9-7-14(8-10-15)13-17(19(24)25)22-20(26)23-12-4-11-21-23/h2-3,5-11,17H,4,12-13H2,1H3,(H,22,26)(H,24,25)/t17-/m0/s1. The zero-order valence-electron chi connectivity index (χ0n) is 15.0. The van der Waals surface area contributed by atoms with Gasteiger partial charge in [-0.15, -0.1) is 0 Å². The number of methoxy groups -OCH3 is 1. The number of hydrazone groups is 1. The van der Waals surface area contributed by atoms with Gasteiger partial charge in [-0.2, -0.15) is 5.10 Å². The minimum Gasteiger partial charge on any atom is -0.496 e. The SMILES string of the molecule is COc1ccccc1-c1ccc(C[C@H](NC(=O)N2CCC=N2)C(=O)O)cc1. The summed E-state index contributed by atoms with van der Waals surface area (Å²) in [6.07, 6.45) is 2.49. The molecule has 0 aliphatic carbocycles. The Morgan fingerprint density at radius 1 is 1.22 bits per heavy atom. The van der Waals surface area contributed by atoms with E-state index in [1.54, 1.807) is 13.3 Å². The lowest BCUT2D eigenvalue weighted by Gasteiger charge is -2.18. The second kappa shape index (κ2) is 8.35. The van der Waals surface area contributed by atoms with Crippen LogP contribution in [0.3, 0.4) is 0 Å². The minimum atomic E-state index is -1.08. The molecule has 0 saturated carbocycles. The van der Waals surface area contributed by atoms with Gasteiger partial charge in [-0.25, -0.2) is 14.6 Å². The van der Waals surface area contributed by atoms with Gasteiger partial charge in [0.1, 0.15) is 11.8 Å². The fourth-order valence-electron chi connectivity index (χ4n) is 2.91. The van der Waals surface area contributed by atoms with Gasteiger partial charge < -0.3 is 15.2 Å². The zero-order chi connectivity index (χ0) is 19.2. The first-order chi connectivity index (χ1) is 13.1. The molecule has 1 atom stereocenters. The molecule has 3 rings (SSSR count). The normalized spacial score (nSPS) is 14.0. The number of rotatable bonds is 6. The van der Waals surface area contributed by atoms with Crippen molar-refractivity contribution in [2.45, 2.75) is 18.9 Å². The number of ether oxygens (including phenoxy) is 1. The van der Waals surface area contributed by atoms with Crippen molar-refractivity contribution in [3.8, 4) is 16.9 Å². The highest BCUT2D eigenvalue weighted by Gasteiger charge is 2.24. The Hall–Kier alpha value is -3.35. The van der Waals surface area contributed by atoms with E-state index in [1.807, 2.05) is 48.5 Å². The van der Waals surface area contributed by atoms with E-state index in [9.17, 15) is 14.7 Å². The van der Waals surface area contributed by atoms with Gasteiger partial charge in [0.15, 0.2) is 0 Å². The third kappa shape index (κ3) is 4.44. The number of carboxylic acid groups (broad SMARTS) is 1. The zero-order valence-corrected chi connectivity index (χ0v) is 15.0. The van der Waals surface area contributed by atoms with Crippen LogP contribution in [-0.2, 0) is 11.2 Å². The lowest BCUT2D eigenvalue weighted by molar-refractivity contribution is -0.139. The van der Waals surface area contributed by atoms with E-state index >= 15 is 0 Å². The Labute approximate surface area is 157 Å². The topological polar surface area (TPSA) is 91.2 Å². The summed E-state index contributed by atoms with van der Waals surface area (Å²) in [7, 11) is 1.62. The third-order valence-corrected chi connectivity index (χ3v) is 4.33. The van der Waals surface area contributed by atoms with Crippen LogP contribution in [-0.4, -0.2) is 48.0 Å². The molecule has 7 nitrogen and oxygen atoms in total. The number of nitrogens with one attached hydrogen (secondary N) is 1. The number of carbonyl (C=O) groups excluding carboxylic acids is 1. The first kappa shape index (κ1) is 18.4. The Bertz CT molecular complexity index is 849. The maximum Gasteiger partial charge on any atom is 0.338 e. The number of nitrogens with zero attached hydrogens (tertiary/aromatic N) is 2. The summed E-state index contributed by atoms with van der Waals surface area (Å²) in [4.78, 5) is 23.6. The summed E-state index contributed by atoms with van der Waals surface area (Å²) in [5.74, 6) is -0.313. The second-order valence-corrected chi connectivity index (χ2v) is 6.15. The Balaban J connectivity index is 1.70. The van der Waals surface area contributed by atoms with E-state index in [0.717, 1.165) is 22.4 Å². The molecule has 0 aromatic heterocycles. The van der Waals surface area contributed by atoms with Gasteiger partial charge in [-0.1, -0.05) is 42.5 Å². The molecule has 2 aromatic rings. The van der Waals surface area contributed by atoms with Crippen LogP contribution >= 0.6 is 0 Å². The van der Waals surface area contributed by atoms with Crippen molar-refractivity contribution in [1.82, 2.24) is 10.3 Å². The number of hydrogen-bond donors (Lipinski definition) is 2. The molecule has 0 bridgehead atoms. The fraction of sp³-hybridized carbons (Fsp3) is 0.250. The number of carboxylic acids is 1. The third-order valence-electron chi connectivity index (χ3n) is 4.33. The molecule has 0 saturated heterocycles. The predicted molar refractivity (Wildman–Crippen MR) is 102 cm³/mol. The molecule has 0 radical (unpaired) electrons. The van der Waals surface area contributed by atoms with Gasteiger partial charge in [0.05, 0.1) is 13.7 Å². The first-order valence-corrected chi connectivity index (χ1v) is 8.64. The van der Waals surface area contributed by atoms with Crippen molar-refractivity contribution in [3.63, 3.8) is 0 Å². The van der Waals surface area contributed by atoms with E-state index in [2.05, 4.69) is 10.4 Å². The highest BCUT2D eigenvalue weighted by molar-refractivity contribution is 5.84. The van der Waals surface area contributed by atoms with E-state index in [1.165, 1.54) is 5.01 Å². The highest BCUT2D eigenvalue weighted by atomic mass is 16.5. The van der Waals surface area contributed by atoms with Gasteiger partial charge in [-0.05, 0) is 17.2 Å². The summed E-state index contributed by atoms with van der Waals surface area (Å²) in [6.45, 7) is 0.464. The Morgan fingerprint density at radius 3 is 2.59 bits per heavy atom. The molecule has 27 heavy (non-hydrogen) atoms. The molecule has 1 heterocycles. The largest absolute Gasteiger partial charge is 0.496 e. The van der Waals surface area contributed by atoms with Crippen LogP contribution in [0.2, 0.25) is 0 Å². The number of amides is 2. The Morgan fingerprint density at radius 2 is 1.96 bits per heavy atom. The van der Waals surface area contributed by atoms with Crippen molar-refractivity contribution in [2.75, 3.05) is 13.7 Å². The van der Waals surface area contributed by atoms with Gasteiger partial charge >= 0.3 is 12.0 Å². The molecule has 1 aliphatic heterocycles. The van der Waals surface area contributed by atoms with Gasteiger partial charge in [0, 0.05) is 24.6 Å². The van der Waals surface area contributed by atoms with Crippen molar-refractivity contribution >= 4 is 18.2 Å². The first-order valence-electron chi connectivity index (χ1n) is 8.64. The molecule has 2 N–H and O–H groups in total. The van der Waals surface area contributed by atoms with Crippen molar-refractivity contribution in [1.29, 1.82) is 0 Å². The van der Waals surface area contributed by atoms with Crippen LogP contribution in [0.15, 0.2) is 53.6 Å². The average molecular weight is 367 g/mol. The van der Waals surface area contributed by atoms with Crippen LogP contribution in [0.1, 0.15) is 12.0 Å². The van der Waals surface area contributed by atoms with Crippen molar-refractivity contribution in [2.24, 2.45) is 5.10 Å². The molecule has 1 aliphatic rings. The molecule has 140 valence electrons. The predicted octanol–water partition coefficient (Wildman–Crippen LogP) is 2.76. The van der Waals surface area contributed by atoms with E-state index in [-0.39, 0.29) is 6.42 Å². The highest BCUT2D eigenvalue weighted by Crippen LogP contribution is 2.29. The smallest absolute Gasteiger partial charge is 0.338 e. The minimum absolute atomic E-state index is 0.185. The molecule has 7 heteroatoms. The molecular weight excluding hydrogens is 346 g/mol. The average Bonchev–Trinajstić information content (AvgIpc) is 3.23. The number of hydrogen-bond acceptors (Lipinski definition) is 4. The van der Waals surface area contributed by atoms with Gasteiger partial charge in [0.2, 0.25) is 0 Å². The van der Waals surface area contributed by atoms with Crippen molar-refractivity contribution in [3.05, 3.63) is 54.1 Å². The quantitative estimate of drug-likeness (QED) is 0.821. The molecule has 0 spiro atoms. The molecule has 2 aromatic carbocycles. The molecular formula is C20H21N3O4. The lowest BCUT2D eigenvalue weighted by atomic mass is 10.00. The number of aliphatic carboxylic acids is 1. The maximum absolute atomic E-state index is 12.1. The van der Waals surface area contributed by atoms with Crippen LogP contribution in [0.5, 0.6) is 5.75 Å². The summed E-state index contributed by atoms with van der Waals surface area (Å²) >= 11 is 0. The van der Waals surface area contributed by atoms with Crippen LogP contribution in [0.4, 0.5) is 4.79 Å². The lowest BCUT2D eigenvalue weighted by Crippen LogP contribution is -2.46. The monoisotopic (exact) mass is 367 g/mol. The van der Waals surface area contributed by atoms with E-state index in [0.29, 0.717) is 13.0 Å². The van der Waals surface area contributed by atoms with E-state index < -0.39 is 18.0 Å². The fourth-order valence-corrected chi connectivity index (χ4v) is 2.91. The van der Waals surface area contributed by atoms with Crippen molar-refractivity contribution < 1.29 is 19.4 Å². The summed E-state index contributed by atoms with van der Waals surface area (Å²) in [5.41, 5.74) is 2.74. The molecule has 0 fully saturated rings. The Kier molecular flexibility index (Phi) is 5.71. The van der Waals surface area contributed by atoms with E-state index in [4.69, 9.17) is 4.74 Å². The van der Waals surface area contributed by atoms with Crippen LogP contribution in [0, 0.1) is 0 Å². The molecule has 2 amide bonds. The van der Waals surface area contributed by atoms with Gasteiger partial charge in [0.25, 0.3) is 0 Å². The summed E-state index contributed by atoms with van der Waals surface area (Å²) < 4.78 is 5.38. The summed E-state index contributed by atoms with van der Waals surface area (Å²) in [6, 6.07) is 13.7. The maximum atomic E-state index is 12.1. The number of benzene rings is 2. The van der Waals surface area contributed by atoms with Crippen LogP contribution in [0.25, 0.3) is 11.1 Å². The summed E-state index contributed by atoms with van der Waals surface area (Å²) in [5, 5.41) is 17.1. The second-order valence-electron chi connectivity index (χ2n) is 6.15. The van der Waals surface area contributed by atoms with Gasteiger partial charge in [-0.3, -0.25) is 0 Å². The number of para-hydroxylation sites is 1. The van der Waals surface area contributed by atoms with Crippen LogP contribution < -0.4 is 10.1 Å².